The molecule has 0 N–H and O–H groups in total. The van der Waals surface area contributed by atoms with Gasteiger partial charge in [0.25, 0.3) is 5.91 Å². The van der Waals surface area contributed by atoms with Crippen LogP contribution < -0.4 is 4.74 Å². The number of carbonyl (C=O) groups is 2. The molecule has 1 saturated carbocycles. The molecule has 3 rings (SSSR count). The summed E-state index contributed by atoms with van der Waals surface area (Å²) < 4.78 is 11.2. The number of ether oxygens (including phenoxy) is 2. The summed E-state index contributed by atoms with van der Waals surface area (Å²) >= 11 is 0. The number of nitrogens with zero attached hydrogens (tertiary/aromatic N) is 1. The zero-order chi connectivity index (χ0) is 19.9. The molecule has 1 amide bonds. The highest BCUT2D eigenvalue weighted by molar-refractivity contribution is 5.92. The lowest BCUT2D eigenvalue weighted by molar-refractivity contribution is -0.141. The van der Waals surface area contributed by atoms with Crippen LogP contribution in [0.3, 0.4) is 0 Å². The first-order valence-corrected chi connectivity index (χ1v) is 9.85. The summed E-state index contributed by atoms with van der Waals surface area (Å²) in [6.07, 6.45) is 4.72. The molecule has 5 nitrogen and oxygen atoms in total. The monoisotopic (exact) mass is 381 g/mol. The lowest BCUT2D eigenvalue weighted by atomic mass is 9.94. The quantitative estimate of drug-likeness (QED) is 0.674. The first kappa shape index (κ1) is 19.9. The largest absolute Gasteiger partial charge is 0.457 e. The van der Waals surface area contributed by atoms with Crippen LogP contribution in [-0.4, -0.2) is 36.0 Å². The summed E-state index contributed by atoms with van der Waals surface area (Å²) in [6, 6.07) is 16.4. The van der Waals surface area contributed by atoms with E-state index >= 15 is 0 Å². The summed E-state index contributed by atoms with van der Waals surface area (Å²) in [4.78, 5) is 26.9. The van der Waals surface area contributed by atoms with Crippen molar-refractivity contribution in [1.29, 1.82) is 0 Å². The number of rotatable bonds is 6. The summed E-state index contributed by atoms with van der Waals surface area (Å²) in [5, 5.41) is 0. The van der Waals surface area contributed by atoms with Gasteiger partial charge in [0.15, 0.2) is 6.10 Å². The van der Waals surface area contributed by atoms with E-state index in [4.69, 9.17) is 9.47 Å². The number of hydrogen-bond donors (Lipinski definition) is 0. The molecule has 1 aliphatic carbocycles. The molecule has 0 aromatic heterocycles. The molecule has 28 heavy (non-hydrogen) atoms. The fourth-order valence-corrected chi connectivity index (χ4v) is 3.53. The zero-order valence-corrected chi connectivity index (χ0v) is 16.5. The summed E-state index contributed by atoms with van der Waals surface area (Å²) in [5.74, 6) is 0.540. The van der Waals surface area contributed by atoms with Gasteiger partial charge in [-0.1, -0.05) is 43.5 Å². The molecule has 0 radical (unpaired) electrons. The second-order valence-electron chi connectivity index (χ2n) is 7.23. The summed E-state index contributed by atoms with van der Waals surface area (Å²) in [7, 11) is 1.80. The first-order chi connectivity index (χ1) is 13.5. The van der Waals surface area contributed by atoms with Crippen molar-refractivity contribution in [2.24, 2.45) is 0 Å². The van der Waals surface area contributed by atoms with Crippen LogP contribution in [0.4, 0.5) is 0 Å². The maximum Gasteiger partial charge on any atom is 0.339 e. The lowest BCUT2D eigenvalue weighted by Gasteiger charge is -2.32. The van der Waals surface area contributed by atoms with E-state index in [-0.39, 0.29) is 11.9 Å². The third-order valence-electron chi connectivity index (χ3n) is 5.15. The molecule has 0 saturated heterocycles. The predicted octanol–water partition coefficient (Wildman–Crippen LogP) is 4.82. The number of carbonyl (C=O) groups excluding carboxylic acids is 2. The average molecular weight is 381 g/mol. The highest BCUT2D eigenvalue weighted by atomic mass is 16.5. The van der Waals surface area contributed by atoms with E-state index in [1.807, 2.05) is 30.3 Å². The molecular formula is C23H27NO4. The van der Waals surface area contributed by atoms with Crippen LogP contribution in [0.25, 0.3) is 0 Å². The SMILES string of the molecule is C[C@@H](OC(=O)c1cccc(Oc2ccccc2)c1)C(=O)N(C)C1CCCCC1. The fraction of sp³-hybridized carbons (Fsp3) is 0.391. The van der Waals surface area contributed by atoms with Crippen LogP contribution in [-0.2, 0) is 9.53 Å². The Morgan fingerprint density at radius 3 is 2.36 bits per heavy atom. The van der Waals surface area contributed by atoms with Gasteiger partial charge in [0.05, 0.1) is 5.56 Å². The third-order valence-corrected chi connectivity index (χ3v) is 5.15. The molecule has 1 atom stereocenters. The van der Waals surface area contributed by atoms with Crippen molar-refractivity contribution in [1.82, 2.24) is 4.90 Å². The van der Waals surface area contributed by atoms with Gasteiger partial charge in [-0.3, -0.25) is 4.79 Å². The smallest absolute Gasteiger partial charge is 0.339 e. The second-order valence-corrected chi connectivity index (χ2v) is 7.23. The number of amides is 1. The predicted molar refractivity (Wildman–Crippen MR) is 107 cm³/mol. The van der Waals surface area contributed by atoms with E-state index < -0.39 is 12.1 Å². The molecule has 5 heteroatoms. The van der Waals surface area contributed by atoms with Gasteiger partial charge in [-0.2, -0.15) is 0 Å². The average Bonchev–Trinajstić information content (AvgIpc) is 2.74. The summed E-state index contributed by atoms with van der Waals surface area (Å²) in [5.41, 5.74) is 0.355. The maximum absolute atomic E-state index is 12.6. The normalized spacial score (nSPS) is 15.5. The number of benzene rings is 2. The molecule has 1 aliphatic rings. The number of hydrogen-bond acceptors (Lipinski definition) is 4. The van der Waals surface area contributed by atoms with Gasteiger partial charge in [0.1, 0.15) is 11.5 Å². The van der Waals surface area contributed by atoms with Crippen molar-refractivity contribution in [3.05, 3.63) is 60.2 Å². The van der Waals surface area contributed by atoms with Crippen LogP contribution in [0, 0.1) is 0 Å². The Balaban J connectivity index is 1.60. The minimum atomic E-state index is -0.821. The van der Waals surface area contributed by atoms with Crippen molar-refractivity contribution in [3.63, 3.8) is 0 Å². The Bertz CT molecular complexity index is 799. The van der Waals surface area contributed by atoms with E-state index in [0.717, 1.165) is 25.7 Å². The van der Waals surface area contributed by atoms with Gasteiger partial charge in [-0.15, -0.1) is 0 Å². The van der Waals surface area contributed by atoms with Gasteiger partial charge in [-0.25, -0.2) is 4.79 Å². The minimum Gasteiger partial charge on any atom is -0.457 e. The Morgan fingerprint density at radius 1 is 0.964 bits per heavy atom. The van der Waals surface area contributed by atoms with Crippen molar-refractivity contribution >= 4 is 11.9 Å². The van der Waals surface area contributed by atoms with E-state index in [1.54, 1.807) is 43.1 Å². The van der Waals surface area contributed by atoms with E-state index in [2.05, 4.69) is 0 Å². The highest BCUT2D eigenvalue weighted by Crippen LogP contribution is 2.24. The Labute approximate surface area is 166 Å². The Hall–Kier alpha value is -2.82. The van der Waals surface area contributed by atoms with E-state index in [1.165, 1.54) is 6.42 Å². The van der Waals surface area contributed by atoms with Crippen molar-refractivity contribution in [3.8, 4) is 11.5 Å². The molecule has 1 fully saturated rings. The Kier molecular flexibility index (Phi) is 6.69. The van der Waals surface area contributed by atoms with Gasteiger partial charge in [0, 0.05) is 13.1 Å². The van der Waals surface area contributed by atoms with Gasteiger partial charge in [0.2, 0.25) is 0 Å². The van der Waals surface area contributed by atoms with Crippen molar-refractivity contribution < 1.29 is 19.1 Å². The molecule has 2 aromatic carbocycles. The highest BCUT2D eigenvalue weighted by Gasteiger charge is 2.28. The lowest BCUT2D eigenvalue weighted by Crippen LogP contribution is -2.44. The third kappa shape index (κ3) is 5.12. The molecule has 148 valence electrons. The zero-order valence-electron chi connectivity index (χ0n) is 16.5. The van der Waals surface area contributed by atoms with Gasteiger partial charge >= 0.3 is 5.97 Å². The molecule has 2 aromatic rings. The molecule has 0 spiro atoms. The van der Waals surface area contributed by atoms with Crippen LogP contribution in [0.5, 0.6) is 11.5 Å². The van der Waals surface area contributed by atoms with Crippen molar-refractivity contribution in [2.75, 3.05) is 7.05 Å². The van der Waals surface area contributed by atoms with Crippen LogP contribution in [0.1, 0.15) is 49.4 Å². The summed E-state index contributed by atoms with van der Waals surface area (Å²) in [6.45, 7) is 1.63. The second kappa shape index (κ2) is 9.40. The Morgan fingerprint density at radius 2 is 1.64 bits per heavy atom. The minimum absolute atomic E-state index is 0.156. The van der Waals surface area contributed by atoms with Crippen LogP contribution >= 0.6 is 0 Å². The molecule has 0 aliphatic heterocycles. The van der Waals surface area contributed by atoms with Crippen molar-refractivity contribution in [2.45, 2.75) is 51.2 Å². The maximum atomic E-state index is 12.6. The number of likely N-dealkylation sites (N-methyl/N-ethyl adjacent to an activating group) is 1. The molecule has 0 unspecified atom stereocenters. The van der Waals surface area contributed by atoms with E-state index in [0.29, 0.717) is 17.1 Å². The molecule has 0 heterocycles. The van der Waals surface area contributed by atoms with Gasteiger partial charge < -0.3 is 14.4 Å². The topological polar surface area (TPSA) is 55.8 Å². The van der Waals surface area contributed by atoms with E-state index in [9.17, 15) is 9.59 Å². The number of esters is 1. The molecular weight excluding hydrogens is 354 g/mol. The first-order valence-electron chi connectivity index (χ1n) is 9.85. The standard InChI is InChI=1S/C23H27NO4/c1-17(22(25)24(2)19-11-5-3-6-12-19)27-23(26)18-10-9-15-21(16-18)28-20-13-7-4-8-14-20/h4,7-10,13-17,19H,3,5-6,11-12H2,1-2H3/t17-/m1/s1. The molecule has 0 bridgehead atoms. The van der Waals surface area contributed by atoms with Crippen LogP contribution in [0.15, 0.2) is 54.6 Å². The van der Waals surface area contributed by atoms with Gasteiger partial charge in [-0.05, 0) is 50.1 Å². The number of para-hydroxylation sites is 1. The fourth-order valence-electron chi connectivity index (χ4n) is 3.53. The van der Waals surface area contributed by atoms with Crippen LogP contribution in [0.2, 0.25) is 0 Å².